The molecule has 0 amide bonds. The number of rotatable bonds is 6. The summed E-state index contributed by atoms with van der Waals surface area (Å²) in [5.41, 5.74) is 13.8. The molecule has 0 bridgehead atoms. The maximum atomic E-state index is 6.67. The molecule has 330 valence electrons. The standard InChI is InChI=1S/C58H59N4O.Pt/c1-55(2,3)39-19-17-20-41(32-39)60-37-61(51-26-16-15-25-50(51)60)42-21-18-22-43(35-42)63-44-27-28-46-45-23-13-14-24-49(45)62(52(46)36-44)53-31-38(29-30-59-53)54-47(57(7,8)9)33-40(56(4,5)6)34-48(54)58(10,11)12;/h13-34,37H,1-12H3;/q-3;. The first-order valence-corrected chi connectivity index (χ1v) is 22.2. The number of anilines is 4. The Hall–Kier alpha value is -5.64. The van der Waals surface area contributed by atoms with Crippen LogP contribution in [0.5, 0.6) is 11.5 Å². The van der Waals surface area contributed by atoms with Crippen molar-refractivity contribution in [2.75, 3.05) is 9.80 Å². The van der Waals surface area contributed by atoms with Crippen molar-refractivity contribution in [1.29, 1.82) is 0 Å². The van der Waals surface area contributed by atoms with E-state index in [1.54, 1.807) is 0 Å². The van der Waals surface area contributed by atoms with Crippen molar-refractivity contribution >= 4 is 44.6 Å². The Labute approximate surface area is 395 Å². The van der Waals surface area contributed by atoms with Crippen molar-refractivity contribution in [3.05, 3.63) is 175 Å². The van der Waals surface area contributed by atoms with E-state index in [4.69, 9.17) is 9.72 Å². The summed E-state index contributed by atoms with van der Waals surface area (Å²) in [5, 5.41) is 2.22. The van der Waals surface area contributed by atoms with Crippen LogP contribution < -0.4 is 14.5 Å². The molecule has 0 saturated heterocycles. The minimum atomic E-state index is -0.0885. The van der Waals surface area contributed by atoms with Crippen molar-refractivity contribution in [3.63, 3.8) is 0 Å². The van der Waals surface area contributed by atoms with Crippen LogP contribution in [0.4, 0.5) is 22.7 Å². The van der Waals surface area contributed by atoms with E-state index in [-0.39, 0.29) is 42.7 Å². The molecule has 0 fully saturated rings. The van der Waals surface area contributed by atoms with E-state index in [0.29, 0.717) is 11.5 Å². The van der Waals surface area contributed by atoms with Gasteiger partial charge in [0.05, 0.1) is 0 Å². The van der Waals surface area contributed by atoms with Gasteiger partial charge in [0.1, 0.15) is 5.82 Å². The van der Waals surface area contributed by atoms with Crippen molar-refractivity contribution in [1.82, 2.24) is 9.55 Å². The molecule has 0 radical (unpaired) electrons. The molecule has 1 aliphatic heterocycles. The van der Waals surface area contributed by atoms with Crippen LogP contribution in [0.15, 0.2) is 134 Å². The van der Waals surface area contributed by atoms with Crippen LogP contribution in [0.25, 0.3) is 38.8 Å². The molecule has 9 rings (SSSR count). The average Bonchev–Trinajstić information content (AvgIpc) is 3.78. The number of hydrogen-bond acceptors (Lipinski definition) is 4. The van der Waals surface area contributed by atoms with Gasteiger partial charge in [-0.1, -0.05) is 143 Å². The normalized spacial score (nSPS) is 13.4. The Balaban J connectivity index is 0.00000560. The van der Waals surface area contributed by atoms with Gasteiger partial charge in [-0.25, -0.2) is 4.98 Å². The van der Waals surface area contributed by atoms with Gasteiger partial charge in [0, 0.05) is 61.3 Å². The molecule has 0 atom stereocenters. The first kappa shape index (κ1) is 44.9. The van der Waals surface area contributed by atoms with E-state index in [1.165, 1.54) is 27.8 Å². The van der Waals surface area contributed by atoms with Gasteiger partial charge in [-0.05, 0) is 103 Å². The van der Waals surface area contributed by atoms with Crippen LogP contribution >= 0.6 is 0 Å². The van der Waals surface area contributed by atoms with E-state index in [1.807, 2.05) is 24.4 Å². The van der Waals surface area contributed by atoms with Crippen molar-refractivity contribution in [2.45, 2.75) is 105 Å². The number of benzene rings is 6. The molecule has 6 aromatic carbocycles. The Morgan fingerprint density at radius 1 is 0.531 bits per heavy atom. The summed E-state index contributed by atoms with van der Waals surface area (Å²) in [6.45, 7) is 29.8. The van der Waals surface area contributed by atoms with Gasteiger partial charge in [-0.3, -0.25) is 0 Å². The number of ether oxygens (including phenoxy) is 1. The molecule has 64 heavy (non-hydrogen) atoms. The van der Waals surface area contributed by atoms with Crippen molar-refractivity contribution in [2.24, 2.45) is 0 Å². The van der Waals surface area contributed by atoms with Crippen molar-refractivity contribution in [3.8, 4) is 28.4 Å². The number of fused-ring (bicyclic) bond motifs is 4. The van der Waals surface area contributed by atoms with Crippen LogP contribution in [0, 0.1) is 18.8 Å². The zero-order valence-corrected chi connectivity index (χ0v) is 41.6. The molecule has 0 unspecified atom stereocenters. The summed E-state index contributed by atoms with van der Waals surface area (Å²) in [4.78, 5) is 9.50. The molecule has 0 spiro atoms. The zero-order valence-electron chi connectivity index (χ0n) is 39.3. The zero-order chi connectivity index (χ0) is 44.6. The molecule has 1 aliphatic rings. The van der Waals surface area contributed by atoms with Crippen LogP contribution in [-0.2, 0) is 42.7 Å². The third kappa shape index (κ3) is 8.40. The third-order valence-corrected chi connectivity index (χ3v) is 12.3. The smallest absolute Gasteiger partial charge is 0.136 e. The monoisotopic (exact) mass is 1020 g/mol. The second-order valence-corrected chi connectivity index (χ2v) is 21.2. The maximum absolute atomic E-state index is 6.67. The fourth-order valence-electron chi connectivity index (χ4n) is 8.82. The summed E-state index contributed by atoms with van der Waals surface area (Å²) in [7, 11) is 0. The summed E-state index contributed by atoms with van der Waals surface area (Å²) in [6, 6.07) is 52.6. The van der Waals surface area contributed by atoms with Gasteiger partial charge >= 0.3 is 0 Å². The van der Waals surface area contributed by atoms with E-state index < -0.39 is 0 Å². The molecule has 3 heterocycles. The van der Waals surface area contributed by atoms with Crippen LogP contribution in [0.3, 0.4) is 0 Å². The molecule has 0 N–H and O–H groups in total. The number of pyridine rings is 1. The van der Waals surface area contributed by atoms with Crippen LogP contribution in [-0.4, -0.2) is 9.55 Å². The topological polar surface area (TPSA) is 33.5 Å². The fourth-order valence-corrected chi connectivity index (χ4v) is 8.82. The van der Waals surface area contributed by atoms with Crippen LogP contribution in [0.2, 0.25) is 0 Å². The summed E-state index contributed by atoms with van der Waals surface area (Å²) >= 11 is 0. The Bertz CT molecular complexity index is 2990. The average molecular weight is 1020 g/mol. The number of hydrogen-bond donors (Lipinski definition) is 0. The first-order chi connectivity index (χ1) is 29.8. The summed E-state index contributed by atoms with van der Waals surface area (Å²) in [6.07, 6.45) is 1.96. The van der Waals surface area contributed by atoms with Gasteiger partial charge < -0.3 is 19.1 Å². The summed E-state index contributed by atoms with van der Waals surface area (Å²) in [5.74, 6) is 2.04. The second-order valence-electron chi connectivity index (χ2n) is 21.2. The van der Waals surface area contributed by atoms with Gasteiger partial charge in [0.25, 0.3) is 0 Å². The Morgan fingerprint density at radius 3 is 1.83 bits per heavy atom. The fraction of sp³-hybridized carbons (Fsp3) is 0.276. The quantitative estimate of drug-likeness (QED) is 0.155. The van der Waals surface area contributed by atoms with E-state index in [9.17, 15) is 0 Å². The van der Waals surface area contributed by atoms with E-state index in [2.05, 4.69) is 225 Å². The Morgan fingerprint density at radius 2 is 1.16 bits per heavy atom. The van der Waals surface area contributed by atoms with E-state index >= 15 is 0 Å². The minimum Gasteiger partial charge on any atom is -0.509 e. The first-order valence-electron chi connectivity index (χ1n) is 22.2. The molecule has 2 aromatic heterocycles. The van der Waals surface area contributed by atoms with Crippen molar-refractivity contribution < 1.29 is 25.8 Å². The molecular formula is C58H59N4OPt-3. The predicted octanol–water partition coefficient (Wildman–Crippen LogP) is 15.8. The minimum absolute atomic E-state index is 0. The van der Waals surface area contributed by atoms with Gasteiger partial charge in [-0.2, -0.15) is 12.1 Å². The van der Waals surface area contributed by atoms with Crippen LogP contribution in [0.1, 0.15) is 105 Å². The van der Waals surface area contributed by atoms with Gasteiger partial charge in [0.15, 0.2) is 0 Å². The SMILES string of the molecule is CC(C)(C)c1cccc(N2[CH-]N(c3[c-]c(Oc4[c-]c5c(cc4)c4ccccc4n5-c4cc(-c5c(C(C)(C)C)cc(C(C)(C)C)cc5C(C)(C)C)ccn4)ccc3)c3ccccc32)c1.[Pt]. The van der Waals surface area contributed by atoms with E-state index in [0.717, 1.165) is 55.9 Å². The number of nitrogens with zero attached hydrogens (tertiary/aromatic N) is 4. The van der Waals surface area contributed by atoms with Gasteiger partial charge in [-0.15, -0.1) is 48.1 Å². The molecule has 6 heteroatoms. The second kappa shape index (κ2) is 16.4. The maximum Gasteiger partial charge on any atom is 0.136 e. The molecule has 0 aliphatic carbocycles. The third-order valence-electron chi connectivity index (χ3n) is 12.3. The number of aromatic nitrogens is 2. The molecule has 8 aromatic rings. The summed E-state index contributed by atoms with van der Waals surface area (Å²) < 4.78 is 8.90. The molecular weight excluding hydrogens is 964 g/mol. The largest absolute Gasteiger partial charge is 0.509 e. The molecule has 0 saturated carbocycles. The molecule has 5 nitrogen and oxygen atoms in total. The Kier molecular flexibility index (Phi) is 11.5. The van der Waals surface area contributed by atoms with Gasteiger partial charge in [0.2, 0.25) is 0 Å². The predicted molar refractivity (Wildman–Crippen MR) is 264 cm³/mol. The number of para-hydroxylation sites is 3.